The summed E-state index contributed by atoms with van der Waals surface area (Å²) in [5.74, 6) is -1.84. The number of nitriles is 1. The standard InChI is InChI=1S/C14H16F2N2O/c1-9(19)10-4-6-18(7-5-10)12-3-2-11(8-17)13(15)14(12)16/h2-3,9-10,19H,4-7H2,1H3. The van der Waals surface area contributed by atoms with E-state index in [1.807, 2.05) is 0 Å². The highest BCUT2D eigenvalue weighted by Crippen LogP contribution is 2.29. The Morgan fingerprint density at radius 2 is 1.95 bits per heavy atom. The van der Waals surface area contributed by atoms with Crippen molar-refractivity contribution >= 4 is 5.69 Å². The Morgan fingerprint density at radius 3 is 2.47 bits per heavy atom. The number of aliphatic hydroxyl groups excluding tert-OH is 1. The summed E-state index contributed by atoms with van der Waals surface area (Å²) in [7, 11) is 0. The molecule has 1 aliphatic heterocycles. The van der Waals surface area contributed by atoms with E-state index >= 15 is 0 Å². The van der Waals surface area contributed by atoms with E-state index in [-0.39, 0.29) is 23.3 Å². The van der Waals surface area contributed by atoms with E-state index in [2.05, 4.69) is 0 Å². The Morgan fingerprint density at radius 1 is 1.32 bits per heavy atom. The van der Waals surface area contributed by atoms with Crippen LogP contribution in [0, 0.1) is 28.9 Å². The molecule has 0 radical (unpaired) electrons. The monoisotopic (exact) mass is 266 g/mol. The number of piperidine rings is 1. The topological polar surface area (TPSA) is 47.3 Å². The van der Waals surface area contributed by atoms with Gasteiger partial charge in [0.2, 0.25) is 0 Å². The van der Waals surface area contributed by atoms with Crippen molar-refractivity contribution in [3.8, 4) is 6.07 Å². The van der Waals surface area contributed by atoms with Crippen molar-refractivity contribution in [1.29, 1.82) is 5.26 Å². The first-order valence-corrected chi connectivity index (χ1v) is 6.35. The van der Waals surface area contributed by atoms with Gasteiger partial charge in [0.05, 0.1) is 17.4 Å². The van der Waals surface area contributed by atoms with Crippen LogP contribution in [-0.2, 0) is 0 Å². The van der Waals surface area contributed by atoms with Gasteiger partial charge in [-0.3, -0.25) is 0 Å². The molecule has 1 heterocycles. The van der Waals surface area contributed by atoms with Gasteiger partial charge in [0.15, 0.2) is 11.6 Å². The zero-order chi connectivity index (χ0) is 14.0. The first-order chi connectivity index (χ1) is 9.04. The summed E-state index contributed by atoms with van der Waals surface area (Å²) in [5, 5.41) is 18.2. The van der Waals surface area contributed by atoms with Gasteiger partial charge in [0.25, 0.3) is 0 Å². The van der Waals surface area contributed by atoms with Gasteiger partial charge in [-0.25, -0.2) is 8.78 Å². The lowest BCUT2D eigenvalue weighted by Gasteiger charge is -2.35. The van der Waals surface area contributed by atoms with E-state index in [0.29, 0.717) is 13.1 Å². The summed E-state index contributed by atoms with van der Waals surface area (Å²) < 4.78 is 27.4. The summed E-state index contributed by atoms with van der Waals surface area (Å²) >= 11 is 0. The number of hydrogen-bond acceptors (Lipinski definition) is 3. The highest BCUT2D eigenvalue weighted by atomic mass is 19.2. The summed E-state index contributed by atoms with van der Waals surface area (Å²) in [6.07, 6.45) is 1.13. The van der Waals surface area contributed by atoms with Crippen molar-refractivity contribution in [2.24, 2.45) is 5.92 Å². The summed E-state index contributed by atoms with van der Waals surface area (Å²) in [4.78, 5) is 1.76. The van der Waals surface area contributed by atoms with Crippen LogP contribution in [-0.4, -0.2) is 24.3 Å². The van der Waals surface area contributed by atoms with E-state index in [0.717, 1.165) is 12.8 Å². The molecule has 102 valence electrons. The van der Waals surface area contributed by atoms with Gasteiger partial charge in [0, 0.05) is 13.1 Å². The molecular formula is C14H16F2N2O. The molecule has 0 aliphatic carbocycles. The Hall–Kier alpha value is -1.67. The Balaban J connectivity index is 2.17. The molecule has 3 nitrogen and oxygen atoms in total. The molecule has 1 aromatic rings. The molecule has 5 heteroatoms. The van der Waals surface area contributed by atoms with Crippen LogP contribution in [0.2, 0.25) is 0 Å². The lowest BCUT2D eigenvalue weighted by molar-refractivity contribution is 0.110. The zero-order valence-electron chi connectivity index (χ0n) is 10.7. The quantitative estimate of drug-likeness (QED) is 0.894. The molecule has 1 fully saturated rings. The van der Waals surface area contributed by atoms with Crippen LogP contribution in [0.15, 0.2) is 12.1 Å². The molecule has 0 saturated carbocycles. The molecule has 2 rings (SSSR count). The number of nitrogens with zero attached hydrogens (tertiary/aromatic N) is 2. The number of benzene rings is 1. The average molecular weight is 266 g/mol. The smallest absolute Gasteiger partial charge is 0.183 e. The minimum absolute atomic E-state index is 0.195. The van der Waals surface area contributed by atoms with Crippen molar-refractivity contribution in [1.82, 2.24) is 0 Å². The van der Waals surface area contributed by atoms with E-state index < -0.39 is 11.6 Å². The fraction of sp³-hybridized carbons (Fsp3) is 0.500. The van der Waals surface area contributed by atoms with Crippen molar-refractivity contribution in [2.45, 2.75) is 25.9 Å². The van der Waals surface area contributed by atoms with Crippen LogP contribution >= 0.6 is 0 Å². The van der Waals surface area contributed by atoms with E-state index in [1.54, 1.807) is 17.9 Å². The molecule has 0 aromatic heterocycles. The third-order valence-corrected chi connectivity index (χ3v) is 3.74. The van der Waals surface area contributed by atoms with Gasteiger partial charge in [0.1, 0.15) is 6.07 Å². The molecule has 19 heavy (non-hydrogen) atoms. The molecule has 1 aliphatic rings. The van der Waals surface area contributed by atoms with Gasteiger partial charge >= 0.3 is 0 Å². The molecule has 1 saturated heterocycles. The Labute approximate surface area is 111 Å². The third kappa shape index (κ3) is 2.69. The molecule has 1 atom stereocenters. The first-order valence-electron chi connectivity index (χ1n) is 6.35. The minimum atomic E-state index is -1.09. The predicted molar refractivity (Wildman–Crippen MR) is 67.7 cm³/mol. The number of aliphatic hydroxyl groups is 1. The van der Waals surface area contributed by atoms with Crippen LogP contribution in [0.1, 0.15) is 25.3 Å². The average Bonchev–Trinajstić information content (AvgIpc) is 2.42. The van der Waals surface area contributed by atoms with Gasteiger partial charge < -0.3 is 10.0 Å². The van der Waals surface area contributed by atoms with E-state index in [4.69, 9.17) is 5.26 Å². The summed E-state index contributed by atoms with van der Waals surface area (Å²) in [5.41, 5.74) is -0.0827. The first kappa shape index (κ1) is 13.8. The zero-order valence-corrected chi connectivity index (χ0v) is 10.7. The van der Waals surface area contributed by atoms with Crippen LogP contribution in [0.3, 0.4) is 0 Å². The number of rotatable bonds is 2. The second-order valence-corrected chi connectivity index (χ2v) is 4.94. The van der Waals surface area contributed by atoms with E-state index in [9.17, 15) is 13.9 Å². The van der Waals surface area contributed by atoms with Gasteiger partial charge in [-0.15, -0.1) is 0 Å². The van der Waals surface area contributed by atoms with Crippen LogP contribution in [0.25, 0.3) is 0 Å². The lowest BCUT2D eigenvalue weighted by atomic mass is 9.92. The maximum atomic E-state index is 13.9. The maximum Gasteiger partial charge on any atom is 0.183 e. The molecule has 1 unspecified atom stereocenters. The highest BCUT2D eigenvalue weighted by Gasteiger charge is 2.25. The van der Waals surface area contributed by atoms with Crippen LogP contribution < -0.4 is 4.90 Å². The second kappa shape index (κ2) is 5.54. The van der Waals surface area contributed by atoms with Crippen LogP contribution in [0.5, 0.6) is 0 Å². The Bertz CT molecular complexity index is 503. The fourth-order valence-corrected chi connectivity index (χ4v) is 2.49. The molecule has 0 amide bonds. The van der Waals surface area contributed by atoms with E-state index in [1.165, 1.54) is 12.1 Å². The molecule has 0 bridgehead atoms. The lowest BCUT2D eigenvalue weighted by Crippen LogP contribution is -2.37. The molecule has 1 aromatic carbocycles. The number of anilines is 1. The van der Waals surface area contributed by atoms with Crippen LogP contribution in [0.4, 0.5) is 14.5 Å². The summed E-state index contributed by atoms with van der Waals surface area (Å²) in [6, 6.07) is 4.37. The third-order valence-electron chi connectivity index (χ3n) is 3.74. The SMILES string of the molecule is CC(O)C1CCN(c2ccc(C#N)c(F)c2F)CC1. The maximum absolute atomic E-state index is 13.9. The van der Waals surface area contributed by atoms with Crippen molar-refractivity contribution in [3.05, 3.63) is 29.3 Å². The number of hydrogen-bond donors (Lipinski definition) is 1. The van der Waals surface area contributed by atoms with Crippen molar-refractivity contribution in [3.63, 3.8) is 0 Å². The number of halogens is 2. The highest BCUT2D eigenvalue weighted by molar-refractivity contribution is 5.52. The molecule has 0 spiro atoms. The predicted octanol–water partition coefficient (Wildman–Crippen LogP) is 2.43. The Kier molecular flexibility index (Phi) is 4.01. The normalized spacial score (nSPS) is 18.2. The van der Waals surface area contributed by atoms with Crippen molar-refractivity contribution in [2.75, 3.05) is 18.0 Å². The largest absolute Gasteiger partial charge is 0.393 e. The van der Waals surface area contributed by atoms with Gasteiger partial charge in [-0.1, -0.05) is 0 Å². The van der Waals surface area contributed by atoms with Gasteiger partial charge in [-0.05, 0) is 37.8 Å². The molecule has 1 N–H and O–H groups in total. The fourth-order valence-electron chi connectivity index (χ4n) is 2.49. The molecular weight excluding hydrogens is 250 g/mol. The van der Waals surface area contributed by atoms with Gasteiger partial charge in [-0.2, -0.15) is 5.26 Å². The van der Waals surface area contributed by atoms with Crippen molar-refractivity contribution < 1.29 is 13.9 Å². The minimum Gasteiger partial charge on any atom is -0.393 e. The second-order valence-electron chi connectivity index (χ2n) is 4.94. The summed E-state index contributed by atoms with van der Waals surface area (Å²) in [6.45, 7) is 2.91.